The average molecular weight is 408 g/mol. The van der Waals surface area contributed by atoms with Crippen molar-refractivity contribution in [3.05, 3.63) is 46.1 Å². The Morgan fingerprint density at radius 1 is 1.29 bits per heavy atom. The predicted octanol–water partition coefficient (Wildman–Crippen LogP) is 3.41. The van der Waals surface area contributed by atoms with Crippen LogP contribution < -0.4 is 10.1 Å². The first-order valence-electron chi connectivity index (χ1n) is 6.62. The molecule has 0 saturated heterocycles. The molecule has 1 aromatic carbocycles. The lowest BCUT2D eigenvalue weighted by Gasteiger charge is -2.04. The van der Waals surface area contributed by atoms with Crippen LogP contribution in [-0.4, -0.2) is 34.1 Å². The van der Waals surface area contributed by atoms with Crippen LogP contribution in [0, 0.1) is 0 Å². The van der Waals surface area contributed by atoms with Gasteiger partial charge in [0.25, 0.3) is 5.91 Å². The SMILES string of the molecule is COc1ncc(C(=O)Nc2nc3ccc(C(=O)O)cc3s2)cc1Br. The second-order valence-electron chi connectivity index (χ2n) is 4.68. The quantitative estimate of drug-likeness (QED) is 0.686. The number of halogens is 1. The molecule has 0 unspecified atom stereocenters. The van der Waals surface area contributed by atoms with E-state index in [1.807, 2.05) is 0 Å². The Morgan fingerprint density at radius 2 is 2.08 bits per heavy atom. The number of ether oxygens (including phenoxy) is 1. The highest BCUT2D eigenvalue weighted by Gasteiger charge is 2.13. The summed E-state index contributed by atoms with van der Waals surface area (Å²) < 4.78 is 6.26. The van der Waals surface area contributed by atoms with Crippen molar-refractivity contribution in [1.29, 1.82) is 0 Å². The van der Waals surface area contributed by atoms with Crippen LogP contribution in [0.5, 0.6) is 5.88 Å². The molecule has 0 aliphatic heterocycles. The minimum atomic E-state index is -1.01. The van der Waals surface area contributed by atoms with Gasteiger partial charge in [-0.3, -0.25) is 10.1 Å². The lowest BCUT2D eigenvalue weighted by molar-refractivity contribution is 0.0697. The molecule has 3 aromatic rings. The molecule has 0 saturated carbocycles. The lowest BCUT2D eigenvalue weighted by Crippen LogP contribution is -2.12. The van der Waals surface area contributed by atoms with Crippen LogP contribution in [0.15, 0.2) is 34.9 Å². The summed E-state index contributed by atoms with van der Waals surface area (Å²) in [6.45, 7) is 0. The number of carboxylic acid groups (broad SMARTS) is 1. The summed E-state index contributed by atoms with van der Waals surface area (Å²) in [5, 5.41) is 12.1. The first kappa shape index (κ1) is 16.3. The first-order valence-corrected chi connectivity index (χ1v) is 8.23. The maximum absolute atomic E-state index is 12.3. The van der Waals surface area contributed by atoms with Crippen molar-refractivity contribution in [2.24, 2.45) is 0 Å². The highest BCUT2D eigenvalue weighted by molar-refractivity contribution is 9.10. The van der Waals surface area contributed by atoms with Gasteiger partial charge in [0.1, 0.15) is 0 Å². The van der Waals surface area contributed by atoms with E-state index in [1.54, 1.807) is 12.1 Å². The number of pyridine rings is 1. The van der Waals surface area contributed by atoms with Crippen LogP contribution >= 0.6 is 27.3 Å². The number of fused-ring (bicyclic) bond motifs is 1. The van der Waals surface area contributed by atoms with E-state index in [2.05, 4.69) is 31.2 Å². The fourth-order valence-corrected chi connectivity index (χ4v) is 3.39. The molecule has 0 radical (unpaired) electrons. The molecule has 2 heterocycles. The summed E-state index contributed by atoms with van der Waals surface area (Å²) in [7, 11) is 1.49. The zero-order valence-corrected chi connectivity index (χ0v) is 14.6. The third-order valence-corrected chi connectivity index (χ3v) is 4.62. The molecule has 24 heavy (non-hydrogen) atoms. The Bertz CT molecular complexity index is 957. The van der Waals surface area contributed by atoms with E-state index in [0.29, 0.717) is 31.3 Å². The molecule has 0 bridgehead atoms. The zero-order chi connectivity index (χ0) is 17.3. The number of anilines is 1. The number of nitrogens with zero attached hydrogens (tertiary/aromatic N) is 2. The van der Waals surface area contributed by atoms with E-state index in [4.69, 9.17) is 9.84 Å². The van der Waals surface area contributed by atoms with Crippen molar-refractivity contribution >= 4 is 54.5 Å². The lowest BCUT2D eigenvalue weighted by atomic mass is 10.2. The van der Waals surface area contributed by atoms with Gasteiger partial charge >= 0.3 is 5.97 Å². The molecule has 0 aliphatic rings. The highest BCUT2D eigenvalue weighted by Crippen LogP contribution is 2.28. The van der Waals surface area contributed by atoms with Crippen molar-refractivity contribution in [2.75, 3.05) is 12.4 Å². The molecule has 3 rings (SSSR count). The van der Waals surface area contributed by atoms with Crippen LogP contribution in [0.25, 0.3) is 10.2 Å². The summed E-state index contributed by atoms with van der Waals surface area (Å²) in [5.74, 6) is -0.999. The van der Waals surface area contributed by atoms with Crippen molar-refractivity contribution in [3.63, 3.8) is 0 Å². The fourth-order valence-electron chi connectivity index (χ4n) is 1.98. The van der Waals surface area contributed by atoms with Gasteiger partial charge in [-0.2, -0.15) is 0 Å². The summed E-state index contributed by atoms with van der Waals surface area (Å²) in [4.78, 5) is 31.6. The van der Waals surface area contributed by atoms with Gasteiger partial charge in [-0.1, -0.05) is 11.3 Å². The number of nitrogens with one attached hydrogen (secondary N) is 1. The number of hydrogen-bond donors (Lipinski definition) is 2. The number of hydrogen-bond acceptors (Lipinski definition) is 6. The van der Waals surface area contributed by atoms with Crippen LogP contribution in [-0.2, 0) is 0 Å². The van der Waals surface area contributed by atoms with E-state index in [1.165, 1.54) is 36.8 Å². The number of carbonyl (C=O) groups is 2. The molecule has 0 atom stereocenters. The molecule has 0 aliphatic carbocycles. The third kappa shape index (κ3) is 3.22. The molecular weight excluding hydrogens is 398 g/mol. The Labute approximate surface area is 148 Å². The van der Waals surface area contributed by atoms with Crippen molar-refractivity contribution in [3.8, 4) is 5.88 Å². The molecule has 1 amide bonds. The van der Waals surface area contributed by atoms with Crippen molar-refractivity contribution in [1.82, 2.24) is 9.97 Å². The smallest absolute Gasteiger partial charge is 0.335 e. The minimum Gasteiger partial charge on any atom is -0.480 e. The number of carbonyl (C=O) groups excluding carboxylic acids is 1. The number of benzene rings is 1. The Balaban J connectivity index is 1.85. The van der Waals surface area contributed by atoms with Gasteiger partial charge in [0.05, 0.1) is 32.9 Å². The standard InChI is InChI=1S/C15H10BrN3O4S/c1-23-13-9(16)4-8(6-17-13)12(20)19-15-18-10-3-2-7(14(21)22)5-11(10)24-15/h2-6H,1H3,(H,21,22)(H,18,19,20). The Hall–Kier alpha value is -2.52. The summed E-state index contributed by atoms with van der Waals surface area (Å²) >= 11 is 4.48. The van der Waals surface area contributed by atoms with Gasteiger partial charge < -0.3 is 9.84 Å². The minimum absolute atomic E-state index is 0.173. The fraction of sp³-hybridized carbons (Fsp3) is 0.0667. The number of amides is 1. The molecule has 2 N–H and O–H groups in total. The second kappa shape index (κ2) is 6.54. The number of carboxylic acids is 1. The van der Waals surface area contributed by atoms with Gasteiger partial charge in [-0.05, 0) is 40.2 Å². The van der Waals surface area contributed by atoms with Gasteiger partial charge in [0.2, 0.25) is 5.88 Å². The zero-order valence-electron chi connectivity index (χ0n) is 12.2. The number of thiazole rings is 1. The first-order chi connectivity index (χ1) is 11.5. The second-order valence-corrected chi connectivity index (χ2v) is 6.56. The number of aromatic nitrogens is 2. The largest absolute Gasteiger partial charge is 0.480 e. The summed E-state index contributed by atoms with van der Waals surface area (Å²) in [6, 6.07) is 6.20. The van der Waals surface area contributed by atoms with Gasteiger partial charge in [0.15, 0.2) is 5.13 Å². The van der Waals surface area contributed by atoms with Crippen LogP contribution in [0.2, 0.25) is 0 Å². The topological polar surface area (TPSA) is 101 Å². The monoisotopic (exact) mass is 407 g/mol. The Kier molecular flexibility index (Phi) is 4.45. The van der Waals surface area contributed by atoms with Crippen LogP contribution in [0.4, 0.5) is 5.13 Å². The van der Waals surface area contributed by atoms with Gasteiger partial charge in [0, 0.05) is 6.20 Å². The summed E-state index contributed by atoms with van der Waals surface area (Å²) in [5.41, 5.74) is 1.13. The predicted molar refractivity (Wildman–Crippen MR) is 93.0 cm³/mol. The van der Waals surface area contributed by atoms with E-state index in [0.717, 1.165) is 0 Å². The normalized spacial score (nSPS) is 10.6. The third-order valence-electron chi connectivity index (χ3n) is 3.12. The highest BCUT2D eigenvalue weighted by atomic mass is 79.9. The maximum atomic E-state index is 12.3. The van der Waals surface area contributed by atoms with Gasteiger partial charge in [-0.25, -0.2) is 14.8 Å². The van der Waals surface area contributed by atoms with Crippen molar-refractivity contribution < 1.29 is 19.4 Å². The summed E-state index contributed by atoms with van der Waals surface area (Å²) in [6.07, 6.45) is 1.40. The molecule has 0 fully saturated rings. The van der Waals surface area contributed by atoms with E-state index < -0.39 is 5.97 Å². The van der Waals surface area contributed by atoms with Crippen molar-refractivity contribution in [2.45, 2.75) is 0 Å². The van der Waals surface area contributed by atoms with E-state index in [9.17, 15) is 9.59 Å². The van der Waals surface area contributed by atoms with Gasteiger partial charge in [-0.15, -0.1) is 0 Å². The maximum Gasteiger partial charge on any atom is 0.335 e. The Morgan fingerprint density at radius 3 is 2.75 bits per heavy atom. The number of rotatable bonds is 4. The van der Waals surface area contributed by atoms with E-state index in [-0.39, 0.29) is 11.5 Å². The van der Waals surface area contributed by atoms with Crippen LogP contribution in [0.1, 0.15) is 20.7 Å². The average Bonchev–Trinajstić information content (AvgIpc) is 2.95. The molecule has 0 spiro atoms. The molecule has 7 nitrogen and oxygen atoms in total. The molecule has 122 valence electrons. The molecular formula is C15H10BrN3O4S. The van der Waals surface area contributed by atoms with E-state index >= 15 is 0 Å². The molecule has 2 aromatic heterocycles. The van der Waals surface area contributed by atoms with Crippen LogP contribution in [0.3, 0.4) is 0 Å². The molecule has 9 heteroatoms. The number of methoxy groups -OCH3 is 1. The number of aromatic carboxylic acids is 1.